The van der Waals surface area contributed by atoms with Crippen LogP contribution < -0.4 is 10.9 Å². The van der Waals surface area contributed by atoms with Gasteiger partial charge in [0.15, 0.2) is 5.16 Å². The molecule has 0 unspecified atom stereocenters. The first kappa shape index (κ1) is 18.0. The summed E-state index contributed by atoms with van der Waals surface area (Å²) in [6.45, 7) is 5.46. The van der Waals surface area contributed by atoms with E-state index in [-0.39, 0.29) is 23.1 Å². The molecule has 24 heavy (non-hydrogen) atoms. The van der Waals surface area contributed by atoms with E-state index in [2.05, 4.69) is 16.4 Å². The molecule has 0 fully saturated rings. The molecule has 0 radical (unpaired) electrons. The Morgan fingerprint density at radius 2 is 2.12 bits per heavy atom. The lowest BCUT2D eigenvalue weighted by Crippen LogP contribution is -2.49. The van der Waals surface area contributed by atoms with Crippen molar-refractivity contribution in [2.75, 3.05) is 5.75 Å². The summed E-state index contributed by atoms with van der Waals surface area (Å²) in [5.74, 6) is -0.192. The number of amides is 1. The number of hydrogen-bond donors (Lipinski definition) is 1. The molecule has 0 aliphatic heterocycles. The molecule has 0 aliphatic rings. The smallest absolute Gasteiger partial charge is 0.261 e. The first-order valence-corrected chi connectivity index (χ1v) is 8.58. The van der Waals surface area contributed by atoms with Gasteiger partial charge in [0.2, 0.25) is 5.91 Å². The maximum atomic E-state index is 12.3. The van der Waals surface area contributed by atoms with E-state index < -0.39 is 5.54 Å². The van der Waals surface area contributed by atoms with Crippen molar-refractivity contribution in [2.45, 2.75) is 31.5 Å². The molecular weight excluding hydrogens is 324 g/mol. The summed E-state index contributed by atoms with van der Waals surface area (Å²) in [5, 5.41) is 13.0. The van der Waals surface area contributed by atoms with Crippen LogP contribution in [0.25, 0.3) is 10.9 Å². The number of nitriles is 1. The van der Waals surface area contributed by atoms with Crippen molar-refractivity contribution in [1.29, 1.82) is 5.26 Å². The molecule has 126 valence electrons. The van der Waals surface area contributed by atoms with Crippen molar-refractivity contribution in [3.05, 3.63) is 34.6 Å². The fourth-order valence-corrected chi connectivity index (χ4v) is 2.86. The molecule has 7 heteroatoms. The maximum Gasteiger partial charge on any atom is 0.261 e. The number of nitrogens with one attached hydrogen (secondary N) is 1. The third kappa shape index (κ3) is 3.60. The second-order valence-electron chi connectivity index (χ2n) is 6.08. The van der Waals surface area contributed by atoms with Gasteiger partial charge in [-0.15, -0.1) is 0 Å². The summed E-state index contributed by atoms with van der Waals surface area (Å²) in [7, 11) is 1.63. The molecule has 6 nitrogen and oxygen atoms in total. The van der Waals surface area contributed by atoms with E-state index in [0.717, 1.165) is 0 Å². The van der Waals surface area contributed by atoms with Gasteiger partial charge in [0.1, 0.15) is 5.54 Å². The average Bonchev–Trinajstić information content (AvgIpc) is 2.56. The molecular formula is C17H20N4O2S. The van der Waals surface area contributed by atoms with Crippen LogP contribution in [0.2, 0.25) is 0 Å². The van der Waals surface area contributed by atoms with Crippen LogP contribution in [0.4, 0.5) is 0 Å². The third-order valence-electron chi connectivity index (χ3n) is 4.06. The van der Waals surface area contributed by atoms with Crippen LogP contribution in [0, 0.1) is 17.2 Å². The van der Waals surface area contributed by atoms with Gasteiger partial charge in [-0.05, 0) is 25.0 Å². The molecule has 1 N–H and O–H groups in total. The number of carbonyl (C=O) groups is 1. The van der Waals surface area contributed by atoms with Gasteiger partial charge in [-0.2, -0.15) is 5.26 Å². The zero-order valence-electron chi connectivity index (χ0n) is 14.2. The Balaban J connectivity index is 2.17. The van der Waals surface area contributed by atoms with E-state index in [1.807, 2.05) is 19.9 Å². The number of fused-ring (bicyclic) bond motifs is 1. The molecule has 1 heterocycles. The highest BCUT2D eigenvalue weighted by molar-refractivity contribution is 7.99. The van der Waals surface area contributed by atoms with E-state index in [4.69, 9.17) is 0 Å². The van der Waals surface area contributed by atoms with Crippen LogP contribution in [0.1, 0.15) is 20.8 Å². The van der Waals surface area contributed by atoms with Crippen molar-refractivity contribution in [3.8, 4) is 6.07 Å². The predicted molar refractivity (Wildman–Crippen MR) is 94.7 cm³/mol. The standard InChI is InChI=1S/C17H20N4O2S/c1-11(2)17(3,10-18)20-14(22)9-24-16-19-13-8-6-5-7-12(13)15(23)21(16)4/h5-8,11H,9H2,1-4H3,(H,20,22)/t17-/m0/s1. The molecule has 0 saturated carbocycles. The number of benzene rings is 1. The molecule has 1 atom stereocenters. The van der Waals surface area contributed by atoms with E-state index in [0.29, 0.717) is 16.1 Å². The van der Waals surface area contributed by atoms with Gasteiger partial charge in [-0.3, -0.25) is 14.2 Å². The number of nitrogens with zero attached hydrogens (tertiary/aromatic N) is 3. The Morgan fingerprint density at radius 3 is 2.75 bits per heavy atom. The minimum atomic E-state index is -0.916. The van der Waals surface area contributed by atoms with Crippen LogP contribution in [0.3, 0.4) is 0 Å². The molecule has 0 saturated heterocycles. The molecule has 1 amide bonds. The van der Waals surface area contributed by atoms with E-state index in [1.165, 1.54) is 16.3 Å². The fourth-order valence-electron chi connectivity index (χ4n) is 2.08. The second kappa shape index (κ2) is 7.05. The number of thioether (sulfide) groups is 1. The molecule has 0 spiro atoms. The fraction of sp³-hybridized carbons (Fsp3) is 0.412. The molecule has 1 aromatic carbocycles. The molecule has 2 rings (SSSR count). The summed E-state index contributed by atoms with van der Waals surface area (Å²) < 4.78 is 1.44. The predicted octanol–water partition coefficient (Wildman–Crippen LogP) is 2.08. The highest BCUT2D eigenvalue weighted by Crippen LogP contribution is 2.19. The molecule has 0 bridgehead atoms. The van der Waals surface area contributed by atoms with E-state index in [1.54, 1.807) is 32.2 Å². The number of aromatic nitrogens is 2. The van der Waals surface area contributed by atoms with E-state index >= 15 is 0 Å². The highest BCUT2D eigenvalue weighted by atomic mass is 32.2. The minimum absolute atomic E-state index is 0.0143. The Kier molecular flexibility index (Phi) is 5.30. The lowest BCUT2D eigenvalue weighted by molar-refractivity contribution is -0.120. The van der Waals surface area contributed by atoms with Gasteiger partial charge in [0.25, 0.3) is 5.56 Å². The van der Waals surface area contributed by atoms with Crippen molar-refractivity contribution >= 4 is 28.6 Å². The number of rotatable bonds is 5. The summed E-state index contributed by atoms with van der Waals surface area (Å²) in [5.41, 5.74) is -0.458. The quantitative estimate of drug-likeness (QED) is 0.663. The Labute approximate surface area is 144 Å². The highest BCUT2D eigenvalue weighted by Gasteiger charge is 2.29. The lowest BCUT2D eigenvalue weighted by atomic mass is 9.90. The first-order chi connectivity index (χ1) is 11.3. The number of hydrogen-bond acceptors (Lipinski definition) is 5. The van der Waals surface area contributed by atoms with Gasteiger partial charge in [0, 0.05) is 7.05 Å². The van der Waals surface area contributed by atoms with Gasteiger partial charge < -0.3 is 5.32 Å². The molecule has 0 aliphatic carbocycles. The SMILES string of the molecule is CC(C)[C@](C)(C#N)NC(=O)CSc1nc2ccccc2c(=O)n1C. The Hall–Kier alpha value is -2.33. The third-order valence-corrected chi connectivity index (χ3v) is 5.09. The van der Waals surface area contributed by atoms with Gasteiger partial charge in [-0.1, -0.05) is 37.7 Å². The minimum Gasteiger partial charge on any atom is -0.337 e. The number of para-hydroxylation sites is 1. The topological polar surface area (TPSA) is 87.8 Å². The van der Waals surface area contributed by atoms with Crippen molar-refractivity contribution < 1.29 is 4.79 Å². The summed E-state index contributed by atoms with van der Waals surface area (Å²) in [4.78, 5) is 28.9. The zero-order valence-corrected chi connectivity index (χ0v) is 15.0. The zero-order chi connectivity index (χ0) is 17.9. The Morgan fingerprint density at radius 1 is 1.46 bits per heavy atom. The van der Waals surface area contributed by atoms with Crippen molar-refractivity contribution in [3.63, 3.8) is 0 Å². The van der Waals surface area contributed by atoms with Gasteiger partial charge >= 0.3 is 0 Å². The second-order valence-corrected chi connectivity index (χ2v) is 7.02. The lowest BCUT2D eigenvalue weighted by Gasteiger charge is -2.27. The van der Waals surface area contributed by atoms with E-state index in [9.17, 15) is 14.9 Å². The largest absolute Gasteiger partial charge is 0.337 e. The summed E-state index contributed by atoms with van der Waals surface area (Å²) in [6.07, 6.45) is 0. The average molecular weight is 344 g/mol. The van der Waals surface area contributed by atoms with Crippen LogP contribution in [0.15, 0.2) is 34.2 Å². The normalized spacial score (nSPS) is 13.5. The summed E-state index contributed by atoms with van der Waals surface area (Å²) >= 11 is 1.18. The first-order valence-electron chi connectivity index (χ1n) is 7.59. The van der Waals surface area contributed by atoms with Gasteiger partial charge in [-0.25, -0.2) is 4.98 Å². The van der Waals surface area contributed by atoms with Crippen LogP contribution in [-0.2, 0) is 11.8 Å². The Bertz CT molecular complexity index is 869. The van der Waals surface area contributed by atoms with Crippen molar-refractivity contribution in [1.82, 2.24) is 14.9 Å². The molecule has 1 aromatic heterocycles. The van der Waals surface area contributed by atoms with Gasteiger partial charge in [0.05, 0.1) is 22.7 Å². The van der Waals surface area contributed by atoms with Crippen molar-refractivity contribution in [2.24, 2.45) is 13.0 Å². The molecule has 2 aromatic rings. The number of carbonyl (C=O) groups excluding carboxylic acids is 1. The maximum absolute atomic E-state index is 12.3. The summed E-state index contributed by atoms with van der Waals surface area (Å²) in [6, 6.07) is 9.25. The van der Waals surface area contributed by atoms with Crippen LogP contribution in [-0.4, -0.2) is 26.8 Å². The van der Waals surface area contributed by atoms with Crippen LogP contribution >= 0.6 is 11.8 Å². The van der Waals surface area contributed by atoms with Crippen LogP contribution in [0.5, 0.6) is 0 Å². The monoisotopic (exact) mass is 344 g/mol.